The van der Waals surface area contributed by atoms with Crippen molar-refractivity contribution in [2.45, 2.75) is 30.5 Å². The molecule has 1 amide bonds. The van der Waals surface area contributed by atoms with Gasteiger partial charge in [-0.2, -0.15) is 0 Å². The van der Waals surface area contributed by atoms with Crippen molar-refractivity contribution in [2.75, 3.05) is 13.2 Å². The fourth-order valence-electron chi connectivity index (χ4n) is 5.04. The number of ether oxygens (including phenoxy) is 3. The Morgan fingerprint density at radius 1 is 0.767 bits per heavy atom. The smallest absolute Gasteiger partial charge is 0.418 e. The molecule has 43 heavy (non-hydrogen) atoms. The zero-order valence-electron chi connectivity index (χ0n) is 23.2. The number of esters is 2. The minimum atomic E-state index is -2.30. The van der Waals surface area contributed by atoms with Crippen molar-refractivity contribution < 1.29 is 38.8 Å². The predicted octanol–water partition coefficient (Wildman–Crippen LogP) is 4.07. The van der Waals surface area contributed by atoms with Gasteiger partial charge in [0.15, 0.2) is 6.10 Å². The Hall–Kier alpha value is -4.83. The van der Waals surface area contributed by atoms with E-state index in [1.165, 1.54) is 0 Å². The van der Waals surface area contributed by atoms with Crippen molar-refractivity contribution in [2.24, 2.45) is 0 Å². The van der Waals surface area contributed by atoms with Gasteiger partial charge in [0.05, 0.1) is 31.4 Å². The average molecular weight is 582 g/mol. The van der Waals surface area contributed by atoms with Crippen LogP contribution in [0.5, 0.6) is 0 Å². The van der Waals surface area contributed by atoms with E-state index in [0.29, 0.717) is 0 Å². The van der Waals surface area contributed by atoms with E-state index in [-0.39, 0.29) is 36.4 Å². The molecule has 0 bridgehead atoms. The van der Waals surface area contributed by atoms with E-state index in [1.807, 2.05) is 30.3 Å². The number of amides is 1. The summed E-state index contributed by atoms with van der Waals surface area (Å²) in [6.07, 6.45) is -3.59. The topological polar surface area (TPSA) is 123 Å². The van der Waals surface area contributed by atoms with Crippen LogP contribution in [0, 0.1) is 0 Å². The van der Waals surface area contributed by atoms with Gasteiger partial charge in [0.25, 0.3) is 0 Å². The number of β-amino-alcohol motifs (C(OH)–C–C–N with tert-alkyl or cyclic N) is 1. The highest BCUT2D eigenvalue weighted by Gasteiger charge is 2.49. The zero-order valence-corrected chi connectivity index (χ0v) is 23.2. The Labute approximate surface area is 248 Å². The first-order valence-corrected chi connectivity index (χ1v) is 13.8. The lowest BCUT2D eigenvalue weighted by Crippen LogP contribution is -2.47. The number of carbonyl (C=O) groups is 3. The second-order valence-electron chi connectivity index (χ2n) is 10.1. The monoisotopic (exact) mass is 581 g/mol. The van der Waals surface area contributed by atoms with Gasteiger partial charge in [-0.15, -0.1) is 0 Å². The van der Waals surface area contributed by atoms with Crippen molar-refractivity contribution in [1.82, 2.24) is 4.90 Å². The SMILES string of the molecule is O=C(O[C@H]1[C@H](O)CN(C(=O)OC(=O)C(O)(c2ccccc2)c2ccccc2)[C@@H]1COCc1ccccc1)c1ccccc1. The maximum atomic E-state index is 13.6. The third-order valence-electron chi connectivity index (χ3n) is 7.29. The highest BCUT2D eigenvalue weighted by molar-refractivity contribution is 5.93. The largest absolute Gasteiger partial charge is 0.454 e. The Kier molecular flexibility index (Phi) is 9.26. The first kappa shape index (κ1) is 29.7. The predicted molar refractivity (Wildman–Crippen MR) is 156 cm³/mol. The molecular formula is C34H31NO8. The number of aliphatic hydroxyl groups excluding tert-OH is 1. The summed E-state index contributed by atoms with van der Waals surface area (Å²) in [6.45, 7) is -0.243. The molecule has 0 aliphatic carbocycles. The number of benzene rings is 4. The Bertz CT molecular complexity index is 1480. The minimum absolute atomic E-state index is 0.135. The van der Waals surface area contributed by atoms with Gasteiger partial charge in [-0.05, 0) is 28.8 Å². The van der Waals surface area contributed by atoms with Gasteiger partial charge in [-0.1, -0.05) is 109 Å². The summed E-state index contributed by atoms with van der Waals surface area (Å²) in [7, 11) is 0. The Morgan fingerprint density at radius 3 is 1.84 bits per heavy atom. The van der Waals surface area contributed by atoms with Crippen LogP contribution in [0.2, 0.25) is 0 Å². The van der Waals surface area contributed by atoms with Gasteiger partial charge in [-0.3, -0.25) is 4.90 Å². The first-order valence-electron chi connectivity index (χ1n) is 13.8. The lowest BCUT2D eigenvalue weighted by molar-refractivity contribution is -0.156. The lowest BCUT2D eigenvalue weighted by atomic mass is 9.86. The van der Waals surface area contributed by atoms with Crippen molar-refractivity contribution in [3.63, 3.8) is 0 Å². The molecule has 9 heteroatoms. The standard InChI is InChI=1S/C34H31NO8/c36-29-21-35(33(39)43-32(38)34(40,26-17-9-3-10-18-26)27-19-11-4-12-20-27)28(23-41-22-24-13-5-1-6-14-24)30(29)42-31(37)25-15-7-2-8-16-25/h1-20,28-30,36,40H,21-23H2/t28-,29-,30-/m1/s1. The number of aliphatic hydroxyl groups is 2. The number of hydrogen-bond acceptors (Lipinski definition) is 8. The maximum absolute atomic E-state index is 13.6. The molecule has 0 radical (unpaired) electrons. The molecule has 3 atom stereocenters. The number of nitrogens with zero attached hydrogens (tertiary/aromatic N) is 1. The van der Waals surface area contributed by atoms with E-state index in [2.05, 4.69) is 0 Å². The van der Waals surface area contributed by atoms with Crippen LogP contribution in [0.4, 0.5) is 4.79 Å². The van der Waals surface area contributed by atoms with Crippen molar-refractivity contribution in [1.29, 1.82) is 0 Å². The summed E-state index contributed by atoms with van der Waals surface area (Å²) in [4.78, 5) is 41.1. The molecule has 1 saturated heterocycles. The molecule has 1 aliphatic heterocycles. The number of likely N-dealkylation sites (tertiary alicyclic amines) is 1. The summed E-state index contributed by atoms with van der Waals surface area (Å²) < 4.78 is 16.8. The molecule has 0 spiro atoms. The highest BCUT2D eigenvalue weighted by Crippen LogP contribution is 2.32. The number of carbonyl (C=O) groups excluding carboxylic acids is 3. The fraction of sp³-hybridized carbons (Fsp3) is 0.206. The van der Waals surface area contributed by atoms with Gasteiger partial charge in [0, 0.05) is 0 Å². The van der Waals surface area contributed by atoms with Crippen molar-refractivity contribution in [3.05, 3.63) is 144 Å². The lowest BCUT2D eigenvalue weighted by Gasteiger charge is -2.29. The van der Waals surface area contributed by atoms with Crippen LogP contribution in [0.3, 0.4) is 0 Å². The van der Waals surface area contributed by atoms with E-state index < -0.39 is 41.9 Å². The summed E-state index contributed by atoms with van der Waals surface area (Å²) in [5.41, 5.74) is -0.741. The van der Waals surface area contributed by atoms with Crippen LogP contribution in [-0.4, -0.2) is 64.5 Å². The summed E-state index contributed by atoms with van der Waals surface area (Å²) in [6, 6.07) is 32.9. The highest BCUT2D eigenvalue weighted by atomic mass is 16.6. The van der Waals surface area contributed by atoms with E-state index in [9.17, 15) is 24.6 Å². The Balaban J connectivity index is 1.38. The summed E-state index contributed by atoms with van der Waals surface area (Å²) in [5.74, 6) is -1.91. The molecule has 1 fully saturated rings. The third kappa shape index (κ3) is 6.65. The molecule has 1 heterocycles. The summed E-state index contributed by atoms with van der Waals surface area (Å²) in [5, 5.41) is 22.6. The van der Waals surface area contributed by atoms with Gasteiger partial charge >= 0.3 is 18.0 Å². The molecule has 1 aliphatic rings. The molecule has 4 aromatic rings. The minimum Gasteiger partial charge on any atom is -0.454 e. The van der Waals surface area contributed by atoms with Crippen LogP contribution in [0.25, 0.3) is 0 Å². The fourth-order valence-corrected chi connectivity index (χ4v) is 5.04. The van der Waals surface area contributed by atoms with Crippen LogP contribution >= 0.6 is 0 Å². The second kappa shape index (κ2) is 13.4. The first-order chi connectivity index (χ1) is 20.9. The van der Waals surface area contributed by atoms with Crippen molar-refractivity contribution >= 4 is 18.0 Å². The zero-order chi connectivity index (χ0) is 30.2. The van der Waals surface area contributed by atoms with Gasteiger partial charge in [-0.25, -0.2) is 14.4 Å². The van der Waals surface area contributed by atoms with Crippen molar-refractivity contribution in [3.8, 4) is 0 Å². The molecule has 2 N–H and O–H groups in total. The molecule has 220 valence electrons. The van der Waals surface area contributed by atoms with Crippen LogP contribution in [-0.2, 0) is 31.2 Å². The Morgan fingerprint density at radius 2 is 1.28 bits per heavy atom. The maximum Gasteiger partial charge on any atom is 0.418 e. The second-order valence-corrected chi connectivity index (χ2v) is 10.1. The van der Waals surface area contributed by atoms with Gasteiger partial charge in [0.2, 0.25) is 5.60 Å². The van der Waals surface area contributed by atoms with E-state index in [0.717, 1.165) is 10.5 Å². The van der Waals surface area contributed by atoms with Crippen LogP contribution in [0.15, 0.2) is 121 Å². The molecule has 9 nitrogen and oxygen atoms in total. The normalized spacial score (nSPS) is 18.2. The number of hydrogen-bond donors (Lipinski definition) is 2. The molecule has 4 aromatic carbocycles. The quantitative estimate of drug-likeness (QED) is 0.224. The third-order valence-corrected chi connectivity index (χ3v) is 7.29. The molecular weight excluding hydrogens is 550 g/mol. The molecule has 5 rings (SSSR count). The van der Waals surface area contributed by atoms with E-state index in [4.69, 9.17) is 14.2 Å². The average Bonchev–Trinajstić information content (AvgIpc) is 3.36. The summed E-state index contributed by atoms with van der Waals surface area (Å²) >= 11 is 0. The van der Waals surface area contributed by atoms with Crippen LogP contribution < -0.4 is 0 Å². The number of rotatable bonds is 9. The van der Waals surface area contributed by atoms with E-state index >= 15 is 0 Å². The van der Waals surface area contributed by atoms with E-state index in [1.54, 1.807) is 91.0 Å². The molecule has 0 aromatic heterocycles. The van der Waals surface area contributed by atoms with Gasteiger partial charge in [0.1, 0.15) is 6.10 Å². The van der Waals surface area contributed by atoms with Crippen LogP contribution in [0.1, 0.15) is 27.0 Å². The van der Waals surface area contributed by atoms with Gasteiger partial charge < -0.3 is 24.4 Å². The molecule has 0 saturated carbocycles. The molecule has 0 unspecified atom stereocenters.